The van der Waals surface area contributed by atoms with Crippen molar-refractivity contribution in [3.05, 3.63) is 66.0 Å². The van der Waals surface area contributed by atoms with Gasteiger partial charge in [-0.3, -0.25) is 14.4 Å². The number of aromatic nitrogens is 5. The fraction of sp³-hybridized carbons (Fsp3) is 0.333. The molecule has 0 spiro atoms. The summed E-state index contributed by atoms with van der Waals surface area (Å²) in [5.41, 5.74) is 1.24. The van der Waals surface area contributed by atoms with E-state index in [4.69, 9.17) is 16.3 Å². The maximum Gasteiger partial charge on any atom is 0.295 e. The predicted octanol–water partition coefficient (Wildman–Crippen LogP) is 3.32. The summed E-state index contributed by atoms with van der Waals surface area (Å²) in [4.78, 5) is 51.3. The molecule has 0 atom stereocenters. The van der Waals surface area contributed by atoms with Crippen LogP contribution in [0, 0.1) is 6.92 Å². The van der Waals surface area contributed by atoms with Crippen LogP contribution >= 0.6 is 11.6 Å². The molecule has 0 saturated carbocycles. The van der Waals surface area contributed by atoms with Crippen molar-refractivity contribution in [3.63, 3.8) is 0 Å². The van der Waals surface area contributed by atoms with E-state index in [0.29, 0.717) is 46.9 Å². The molecule has 5 rings (SSSR count). The van der Waals surface area contributed by atoms with Crippen LogP contribution in [0.1, 0.15) is 40.4 Å². The Morgan fingerprint density at radius 3 is 2.26 bits per heavy atom. The van der Waals surface area contributed by atoms with Crippen molar-refractivity contribution in [3.8, 4) is 11.6 Å². The number of hydrogen-bond acceptors (Lipinski definition) is 7. The molecule has 0 bridgehead atoms. The molecule has 0 unspecified atom stereocenters. The summed E-state index contributed by atoms with van der Waals surface area (Å²) >= 11 is 6.21. The van der Waals surface area contributed by atoms with Gasteiger partial charge in [0.15, 0.2) is 5.82 Å². The number of benzene rings is 1. The molecule has 12 heteroatoms. The van der Waals surface area contributed by atoms with Crippen LogP contribution in [-0.2, 0) is 10.8 Å². The number of piperazine rings is 1. The third-order valence-corrected chi connectivity index (χ3v) is 6.58. The number of alkyl halides is 1. The van der Waals surface area contributed by atoms with Gasteiger partial charge in [-0.1, -0.05) is 32.0 Å². The average Bonchev–Trinajstić information content (AvgIpc) is 3.61. The van der Waals surface area contributed by atoms with Gasteiger partial charge in [-0.2, -0.15) is 5.10 Å². The monoisotopic (exact) mass is 551 g/mol. The molecular weight excluding hydrogens is 522 g/mol. The Balaban J connectivity index is 0.00000172. The molecule has 11 nitrogen and oxygen atoms in total. The van der Waals surface area contributed by atoms with E-state index in [1.165, 1.54) is 35.4 Å². The van der Waals surface area contributed by atoms with E-state index in [0.717, 1.165) is 0 Å². The Morgan fingerprint density at radius 2 is 1.67 bits per heavy atom. The van der Waals surface area contributed by atoms with Gasteiger partial charge in [0.1, 0.15) is 17.9 Å². The number of methoxy groups -OCH3 is 1. The van der Waals surface area contributed by atoms with Gasteiger partial charge in [0.05, 0.1) is 35.8 Å². The Kier molecular flexibility index (Phi) is 8.60. The number of carbonyl (C=O) groups excluding carboxylic acids is 3. The molecule has 204 valence electrons. The molecule has 1 aliphatic rings. The quantitative estimate of drug-likeness (QED) is 0.205. The lowest BCUT2D eigenvalue weighted by atomic mass is 10.1. The standard InChI is InChI=1S/C25H24ClN7O4.C2H6/c1-16-28-15-33(29-16)23-21-20(19(37-2)12-27-23)18(13-32(21)14-26)22(34)25(36)31-10-8-30(9-11-31)24(35)17-6-4-3-5-7-17;1-2/h3-7,12-13,15H,8-11,14H2,1-2H3;1-2H3. The van der Waals surface area contributed by atoms with Gasteiger partial charge in [-0.05, 0) is 19.1 Å². The van der Waals surface area contributed by atoms with Crippen LogP contribution in [0.2, 0.25) is 0 Å². The highest BCUT2D eigenvalue weighted by atomic mass is 35.5. The van der Waals surface area contributed by atoms with E-state index in [-0.39, 0.29) is 30.6 Å². The molecule has 1 aromatic carbocycles. The van der Waals surface area contributed by atoms with Gasteiger partial charge in [0.2, 0.25) is 0 Å². The SMILES string of the molecule is CC.COc1cnc(-n2cnc(C)n2)c2c1c(C(=O)C(=O)N1CCN(C(=O)c3ccccc3)CC1)cn2CCl. The normalized spacial score (nSPS) is 13.2. The number of pyridine rings is 1. The van der Waals surface area contributed by atoms with Crippen molar-refractivity contribution in [2.45, 2.75) is 26.8 Å². The molecule has 1 fully saturated rings. The zero-order chi connectivity index (χ0) is 28.1. The Labute approximate surface area is 230 Å². The molecule has 2 amide bonds. The number of fused-ring (bicyclic) bond motifs is 1. The second kappa shape index (κ2) is 12.1. The van der Waals surface area contributed by atoms with Crippen LogP contribution in [-0.4, -0.2) is 85.0 Å². The molecule has 1 aliphatic heterocycles. The first-order valence-corrected chi connectivity index (χ1v) is 13.1. The highest BCUT2D eigenvalue weighted by Gasteiger charge is 2.32. The maximum atomic E-state index is 13.5. The molecule has 39 heavy (non-hydrogen) atoms. The minimum absolute atomic E-state index is 0.00771. The molecule has 0 N–H and O–H groups in total. The molecular formula is C27H30ClN7O4. The summed E-state index contributed by atoms with van der Waals surface area (Å²) in [6, 6.07) is 8.99. The fourth-order valence-corrected chi connectivity index (χ4v) is 4.65. The molecule has 3 aromatic heterocycles. The zero-order valence-corrected chi connectivity index (χ0v) is 23.1. The van der Waals surface area contributed by atoms with Crippen LogP contribution in [0.5, 0.6) is 5.75 Å². The van der Waals surface area contributed by atoms with Gasteiger partial charge >= 0.3 is 0 Å². The number of Topliss-reactive ketones (excluding diaryl/α,β-unsaturated/α-hetero) is 1. The number of halogens is 1. The van der Waals surface area contributed by atoms with Crippen molar-refractivity contribution < 1.29 is 19.1 Å². The minimum Gasteiger partial charge on any atom is -0.494 e. The summed E-state index contributed by atoms with van der Waals surface area (Å²) in [6.45, 7) is 6.91. The van der Waals surface area contributed by atoms with Crippen molar-refractivity contribution in [1.82, 2.24) is 34.1 Å². The van der Waals surface area contributed by atoms with E-state index in [2.05, 4.69) is 15.1 Å². The Hall–Kier alpha value is -4.25. The first kappa shape index (κ1) is 27.8. The fourth-order valence-electron chi connectivity index (χ4n) is 4.46. The number of hydrogen-bond donors (Lipinski definition) is 0. The molecule has 4 heterocycles. The lowest BCUT2D eigenvalue weighted by Gasteiger charge is -2.34. The lowest BCUT2D eigenvalue weighted by Crippen LogP contribution is -2.52. The summed E-state index contributed by atoms with van der Waals surface area (Å²) in [6.07, 6.45) is 4.52. The van der Waals surface area contributed by atoms with Gasteiger partial charge in [0.25, 0.3) is 17.6 Å². The molecule has 4 aromatic rings. The lowest BCUT2D eigenvalue weighted by molar-refractivity contribution is -0.127. The number of carbonyl (C=O) groups is 3. The summed E-state index contributed by atoms with van der Waals surface area (Å²) in [5.74, 6) is -0.173. The van der Waals surface area contributed by atoms with Crippen molar-refractivity contribution in [1.29, 1.82) is 0 Å². The van der Waals surface area contributed by atoms with Crippen LogP contribution in [0.15, 0.2) is 49.1 Å². The molecule has 0 aliphatic carbocycles. The summed E-state index contributed by atoms with van der Waals surface area (Å²) in [7, 11) is 1.47. The van der Waals surface area contributed by atoms with Gasteiger partial charge in [-0.15, -0.1) is 11.6 Å². The second-order valence-corrected chi connectivity index (χ2v) is 8.76. The Morgan fingerprint density at radius 1 is 1.00 bits per heavy atom. The van der Waals surface area contributed by atoms with Gasteiger partial charge in [-0.25, -0.2) is 14.6 Å². The topological polar surface area (TPSA) is 115 Å². The van der Waals surface area contributed by atoms with Crippen molar-refractivity contribution in [2.75, 3.05) is 33.3 Å². The Bertz CT molecular complexity index is 1490. The van der Waals surface area contributed by atoms with Crippen LogP contribution in [0.3, 0.4) is 0 Å². The number of nitrogens with zero attached hydrogens (tertiary/aromatic N) is 7. The van der Waals surface area contributed by atoms with Crippen molar-refractivity contribution >= 4 is 40.1 Å². The van der Waals surface area contributed by atoms with Gasteiger partial charge in [0, 0.05) is 37.9 Å². The highest BCUT2D eigenvalue weighted by molar-refractivity contribution is 6.45. The first-order valence-electron chi connectivity index (χ1n) is 12.6. The number of rotatable bonds is 6. The number of aryl methyl sites for hydroxylation is 1. The van der Waals surface area contributed by atoms with E-state index in [1.807, 2.05) is 32.0 Å². The van der Waals surface area contributed by atoms with Gasteiger partial charge < -0.3 is 19.1 Å². The van der Waals surface area contributed by atoms with Crippen LogP contribution in [0.4, 0.5) is 0 Å². The summed E-state index contributed by atoms with van der Waals surface area (Å²) < 4.78 is 8.60. The van der Waals surface area contributed by atoms with Crippen molar-refractivity contribution in [2.24, 2.45) is 0 Å². The largest absolute Gasteiger partial charge is 0.494 e. The number of ketones is 1. The van der Waals surface area contributed by atoms with Crippen LogP contribution in [0.25, 0.3) is 16.7 Å². The zero-order valence-electron chi connectivity index (χ0n) is 22.3. The van der Waals surface area contributed by atoms with E-state index >= 15 is 0 Å². The maximum absolute atomic E-state index is 13.5. The predicted molar refractivity (Wildman–Crippen MR) is 146 cm³/mol. The minimum atomic E-state index is -0.693. The van der Waals surface area contributed by atoms with E-state index < -0.39 is 11.7 Å². The first-order chi connectivity index (χ1) is 18.9. The summed E-state index contributed by atoms with van der Waals surface area (Å²) in [5, 5.41) is 4.74. The molecule has 0 radical (unpaired) electrons. The average molecular weight is 552 g/mol. The number of amides is 2. The van der Waals surface area contributed by atoms with Crippen LogP contribution < -0.4 is 4.74 Å². The van der Waals surface area contributed by atoms with E-state index in [1.54, 1.807) is 28.5 Å². The smallest absolute Gasteiger partial charge is 0.295 e. The molecule has 1 saturated heterocycles. The second-order valence-electron chi connectivity index (χ2n) is 8.52. The third kappa shape index (κ3) is 5.35. The van der Waals surface area contributed by atoms with E-state index in [9.17, 15) is 14.4 Å². The highest BCUT2D eigenvalue weighted by Crippen LogP contribution is 2.34. The number of ether oxygens (including phenoxy) is 1. The third-order valence-electron chi connectivity index (χ3n) is 6.33.